The third kappa shape index (κ3) is 2.30. The van der Waals surface area contributed by atoms with Crippen molar-refractivity contribution in [1.29, 1.82) is 0 Å². The van der Waals surface area contributed by atoms with E-state index in [0.717, 1.165) is 11.3 Å². The minimum absolute atomic E-state index is 0.467. The fraction of sp³-hybridized carbons (Fsp3) is 0.111. The number of nitrogens with zero attached hydrogens (tertiary/aromatic N) is 2. The number of aromatic amines is 1. The number of rotatable bonds is 3. The third-order valence-corrected chi connectivity index (χ3v) is 1.49. The summed E-state index contributed by atoms with van der Waals surface area (Å²) in [6, 6.07) is 1.75. The molecular formula is C9H12N4. The van der Waals surface area contributed by atoms with Gasteiger partial charge in [0, 0.05) is 17.8 Å². The van der Waals surface area contributed by atoms with E-state index >= 15 is 0 Å². The summed E-state index contributed by atoms with van der Waals surface area (Å²) in [5.41, 5.74) is 7.21. The molecule has 1 rings (SSSR count). The second-order valence-electron chi connectivity index (χ2n) is 2.47. The van der Waals surface area contributed by atoms with E-state index in [0.29, 0.717) is 5.82 Å². The first-order valence-corrected chi connectivity index (χ1v) is 3.88. The number of nitrogens with two attached hydrogens (primary N) is 1. The Hall–Kier alpha value is -1.84. The van der Waals surface area contributed by atoms with Crippen LogP contribution in [0.1, 0.15) is 12.6 Å². The van der Waals surface area contributed by atoms with E-state index in [1.807, 2.05) is 19.1 Å². The number of H-pyrrole nitrogens is 1. The maximum Gasteiger partial charge on any atom is 0.145 e. The molecule has 0 bridgehead atoms. The predicted molar refractivity (Wildman–Crippen MR) is 55.3 cm³/mol. The fourth-order valence-electron chi connectivity index (χ4n) is 0.965. The van der Waals surface area contributed by atoms with Crippen LogP contribution in [0.4, 0.5) is 5.82 Å². The van der Waals surface area contributed by atoms with Crippen molar-refractivity contribution in [2.75, 3.05) is 5.73 Å². The largest absolute Gasteiger partial charge is 0.382 e. The van der Waals surface area contributed by atoms with Gasteiger partial charge >= 0.3 is 0 Å². The van der Waals surface area contributed by atoms with Crippen molar-refractivity contribution in [2.45, 2.75) is 6.92 Å². The Bertz CT molecular complexity index is 346. The Kier molecular flexibility index (Phi) is 3.03. The van der Waals surface area contributed by atoms with Crippen molar-refractivity contribution >= 4 is 18.1 Å². The van der Waals surface area contributed by atoms with E-state index in [-0.39, 0.29) is 0 Å². The average Bonchev–Trinajstić information content (AvgIpc) is 2.51. The molecule has 0 atom stereocenters. The fourth-order valence-corrected chi connectivity index (χ4v) is 0.965. The molecule has 0 saturated carbocycles. The number of anilines is 1. The number of hydrogen-bond acceptors (Lipinski definition) is 3. The Balaban J connectivity index is 3.01. The van der Waals surface area contributed by atoms with Crippen LogP contribution in [0.25, 0.3) is 5.57 Å². The summed E-state index contributed by atoms with van der Waals surface area (Å²) in [7, 11) is 0. The van der Waals surface area contributed by atoms with Crippen LogP contribution < -0.4 is 5.73 Å². The molecule has 68 valence electrons. The first-order valence-electron chi connectivity index (χ1n) is 3.88. The molecular weight excluding hydrogens is 164 g/mol. The Morgan fingerprint density at radius 2 is 2.54 bits per heavy atom. The van der Waals surface area contributed by atoms with Gasteiger partial charge in [0.25, 0.3) is 0 Å². The van der Waals surface area contributed by atoms with Crippen molar-refractivity contribution in [2.24, 2.45) is 4.99 Å². The zero-order valence-corrected chi connectivity index (χ0v) is 7.49. The van der Waals surface area contributed by atoms with E-state index < -0.39 is 0 Å². The lowest BCUT2D eigenvalue weighted by Gasteiger charge is -1.93. The predicted octanol–water partition coefficient (Wildman–Crippen LogP) is 1.61. The zero-order valence-electron chi connectivity index (χ0n) is 7.49. The van der Waals surface area contributed by atoms with Crippen LogP contribution in [0.2, 0.25) is 0 Å². The molecule has 0 spiro atoms. The molecule has 1 heterocycles. The molecule has 0 fully saturated rings. The normalized spacial score (nSPS) is 12.2. The molecule has 0 saturated heterocycles. The number of allylic oxidation sites excluding steroid dienone is 3. The summed E-state index contributed by atoms with van der Waals surface area (Å²) in [6.07, 6.45) is 5.46. The number of aliphatic imine (C=N–C) groups is 1. The second-order valence-corrected chi connectivity index (χ2v) is 2.47. The molecule has 0 amide bonds. The topological polar surface area (TPSA) is 67.1 Å². The highest BCUT2D eigenvalue weighted by Crippen LogP contribution is 2.14. The van der Waals surface area contributed by atoms with Crippen LogP contribution in [-0.2, 0) is 0 Å². The summed E-state index contributed by atoms with van der Waals surface area (Å²) in [5.74, 6) is 0.467. The minimum atomic E-state index is 0.467. The summed E-state index contributed by atoms with van der Waals surface area (Å²) in [5, 5.41) is 6.61. The van der Waals surface area contributed by atoms with Crippen molar-refractivity contribution in [3.8, 4) is 0 Å². The van der Waals surface area contributed by atoms with Gasteiger partial charge in [0.1, 0.15) is 5.82 Å². The van der Waals surface area contributed by atoms with Crippen LogP contribution in [-0.4, -0.2) is 16.9 Å². The van der Waals surface area contributed by atoms with E-state index in [1.165, 1.54) is 0 Å². The standard InChI is InChI=1S/C9H12N4/c1-3-4-7(6-11-2)8-5-9(10)13-12-8/h3-6H,2H2,1H3,(H3,10,12,13)/b4-3-,7-6+. The van der Waals surface area contributed by atoms with Gasteiger partial charge in [-0.25, -0.2) is 0 Å². The lowest BCUT2D eigenvalue weighted by atomic mass is 10.2. The molecule has 4 nitrogen and oxygen atoms in total. The molecule has 0 aliphatic heterocycles. The summed E-state index contributed by atoms with van der Waals surface area (Å²) >= 11 is 0. The van der Waals surface area contributed by atoms with E-state index in [4.69, 9.17) is 5.73 Å². The Labute approximate surface area is 76.9 Å². The maximum atomic E-state index is 5.47. The number of hydrogen-bond donors (Lipinski definition) is 2. The van der Waals surface area contributed by atoms with Gasteiger partial charge in [0.15, 0.2) is 0 Å². The van der Waals surface area contributed by atoms with Crippen LogP contribution >= 0.6 is 0 Å². The molecule has 13 heavy (non-hydrogen) atoms. The van der Waals surface area contributed by atoms with E-state index in [2.05, 4.69) is 21.9 Å². The number of nitrogen functional groups attached to an aromatic ring is 1. The van der Waals surface area contributed by atoms with Gasteiger partial charge in [-0.2, -0.15) is 5.10 Å². The lowest BCUT2D eigenvalue weighted by Crippen LogP contribution is -1.81. The Morgan fingerprint density at radius 1 is 1.77 bits per heavy atom. The maximum absolute atomic E-state index is 5.47. The van der Waals surface area contributed by atoms with Crippen molar-refractivity contribution in [3.63, 3.8) is 0 Å². The molecule has 0 unspecified atom stereocenters. The third-order valence-electron chi connectivity index (χ3n) is 1.49. The van der Waals surface area contributed by atoms with Gasteiger partial charge in [-0.3, -0.25) is 10.1 Å². The number of aromatic nitrogens is 2. The smallest absolute Gasteiger partial charge is 0.145 e. The SMILES string of the molecule is C=N/C=C(\C=C/C)c1cc(N)n[nH]1. The first-order chi connectivity index (χ1) is 6.27. The van der Waals surface area contributed by atoms with Crippen LogP contribution in [0.5, 0.6) is 0 Å². The van der Waals surface area contributed by atoms with Crippen LogP contribution in [0, 0.1) is 0 Å². The van der Waals surface area contributed by atoms with Crippen molar-refractivity contribution in [1.82, 2.24) is 10.2 Å². The molecule has 0 aliphatic carbocycles. The monoisotopic (exact) mass is 176 g/mol. The summed E-state index contributed by atoms with van der Waals surface area (Å²) in [6.45, 7) is 5.32. The summed E-state index contributed by atoms with van der Waals surface area (Å²) < 4.78 is 0. The lowest BCUT2D eigenvalue weighted by molar-refractivity contribution is 1.08. The molecule has 0 radical (unpaired) electrons. The van der Waals surface area contributed by atoms with Gasteiger partial charge in [0.05, 0.1) is 5.69 Å². The Morgan fingerprint density at radius 3 is 3.00 bits per heavy atom. The quantitative estimate of drug-likeness (QED) is 0.542. The molecule has 3 N–H and O–H groups in total. The van der Waals surface area contributed by atoms with Gasteiger partial charge in [-0.1, -0.05) is 12.2 Å². The second kappa shape index (κ2) is 4.25. The van der Waals surface area contributed by atoms with Crippen molar-refractivity contribution in [3.05, 3.63) is 30.1 Å². The zero-order chi connectivity index (χ0) is 9.68. The highest BCUT2D eigenvalue weighted by atomic mass is 15.2. The average molecular weight is 176 g/mol. The number of nitrogens with one attached hydrogen (secondary N) is 1. The van der Waals surface area contributed by atoms with Crippen LogP contribution in [0.3, 0.4) is 0 Å². The van der Waals surface area contributed by atoms with Crippen molar-refractivity contribution < 1.29 is 0 Å². The van der Waals surface area contributed by atoms with Gasteiger partial charge in [-0.05, 0) is 13.6 Å². The van der Waals surface area contributed by atoms with E-state index in [9.17, 15) is 0 Å². The van der Waals surface area contributed by atoms with Gasteiger partial charge < -0.3 is 5.73 Å². The highest BCUT2D eigenvalue weighted by Gasteiger charge is 2.00. The summed E-state index contributed by atoms with van der Waals surface area (Å²) in [4.78, 5) is 3.69. The van der Waals surface area contributed by atoms with E-state index in [1.54, 1.807) is 12.3 Å². The van der Waals surface area contributed by atoms with Gasteiger partial charge in [-0.15, -0.1) is 0 Å². The minimum Gasteiger partial charge on any atom is -0.382 e. The molecule has 1 aromatic rings. The van der Waals surface area contributed by atoms with Crippen LogP contribution in [0.15, 0.2) is 29.4 Å². The molecule has 0 aliphatic rings. The van der Waals surface area contributed by atoms with Gasteiger partial charge in [0.2, 0.25) is 0 Å². The highest BCUT2D eigenvalue weighted by molar-refractivity contribution is 5.72. The molecule has 0 aromatic carbocycles. The molecule has 4 heteroatoms. The molecule has 1 aromatic heterocycles. The first kappa shape index (κ1) is 9.25.